The molecule has 0 aliphatic rings. The fourth-order valence-corrected chi connectivity index (χ4v) is 3.44. The van der Waals surface area contributed by atoms with E-state index in [9.17, 15) is 4.39 Å². The van der Waals surface area contributed by atoms with Crippen molar-refractivity contribution >= 4 is 15.9 Å². The zero-order chi connectivity index (χ0) is 14.5. The lowest BCUT2D eigenvalue weighted by Crippen LogP contribution is -2.07. The standard InChI is InChI=1S/C17H18BrFO/c1-3-14(12-7-5-4-6-8-12)17(18)15-10-9-13(20-2)11-16(15)19/h4-11,14,17H,3H2,1-2H3. The Labute approximate surface area is 127 Å². The van der Waals surface area contributed by atoms with E-state index in [1.165, 1.54) is 11.6 Å². The molecule has 2 atom stereocenters. The van der Waals surface area contributed by atoms with Crippen LogP contribution in [0.2, 0.25) is 0 Å². The molecule has 0 aliphatic heterocycles. The molecule has 0 aromatic heterocycles. The van der Waals surface area contributed by atoms with Crippen molar-refractivity contribution in [3.05, 3.63) is 65.5 Å². The summed E-state index contributed by atoms with van der Waals surface area (Å²) in [6, 6.07) is 15.2. The van der Waals surface area contributed by atoms with Crippen LogP contribution in [0.1, 0.15) is 35.2 Å². The highest BCUT2D eigenvalue weighted by molar-refractivity contribution is 9.09. The lowest BCUT2D eigenvalue weighted by Gasteiger charge is -2.22. The monoisotopic (exact) mass is 336 g/mol. The molecule has 3 heteroatoms. The molecule has 0 aliphatic carbocycles. The number of methoxy groups -OCH3 is 1. The second kappa shape index (κ2) is 6.89. The van der Waals surface area contributed by atoms with Crippen LogP contribution in [0.5, 0.6) is 5.75 Å². The molecular weight excluding hydrogens is 319 g/mol. The average Bonchev–Trinajstić information content (AvgIpc) is 2.48. The van der Waals surface area contributed by atoms with Crippen LogP contribution in [-0.2, 0) is 0 Å². The summed E-state index contributed by atoms with van der Waals surface area (Å²) >= 11 is 3.67. The maximum Gasteiger partial charge on any atom is 0.131 e. The summed E-state index contributed by atoms with van der Waals surface area (Å²) in [5.74, 6) is 0.540. The van der Waals surface area contributed by atoms with Gasteiger partial charge in [0.2, 0.25) is 0 Å². The summed E-state index contributed by atoms with van der Waals surface area (Å²) in [6.45, 7) is 2.12. The van der Waals surface area contributed by atoms with Gasteiger partial charge in [0.05, 0.1) is 7.11 Å². The third-order valence-electron chi connectivity index (χ3n) is 3.53. The van der Waals surface area contributed by atoms with Crippen LogP contribution < -0.4 is 4.74 Å². The number of benzene rings is 2. The van der Waals surface area contributed by atoms with Crippen LogP contribution in [-0.4, -0.2) is 7.11 Å². The van der Waals surface area contributed by atoms with Gasteiger partial charge < -0.3 is 4.74 Å². The van der Waals surface area contributed by atoms with Gasteiger partial charge in [0.15, 0.2) is 0 Å². The van der Waals surface area contributed by atoms with E-state index in [0.717, 1.165) is 6.42 Å². The van der Waals surface area contributed by atoms with Crippen molar-refractivity contribution in [2.24, 2.45) is 0 Å². The molecule has 2 aromatic carbocycles. The number of rotatable bonds is 5. The molecule has 2 unspecified atom stereocenters. The summed E-state index contributed by atoms with van der Waals surface area (Å²) in [6.07, 6.45) is 0.936. The van der Waals surface area contributed by atoms with E-state index in [2.05, 4.69) is 35.0 Å². The van der Waals surface area contributed by atoms with Crippen molar-refractivity contribution in [1.29, 1.82) is 0 Å². The second-order valence-electron chi connectivity index (χ2n) is 4.71. The SMILES string of the molecule is CCC(c1ccccc1)C(Br)c1ccc(OC)cc1F. The minimum absolute atomic E-state index is 0.0548. The molecule has 1 nitrogen and oxygen atoms in total. The third kappa shape index (κ3) is 3.21. The van der Waals surface area contributed by atoms with E-state index in [1.807, 2.05) is 18.2 Å². The van der Waals surface area contributed by atoms with E-state index in [0.29, 0.717) is 11.3 Å². The van der Waals surface area contributed by atoms with Crippen LogP contribution >= 0.6 is 15.9 Å². The van der Waals surface area contributed by atoms with Gasteiger partial charge in [-0.25, -0.2) is 4.39 Å². The van der Waals surface area contributed by atoms with Gasteiger partial charge in [-0.1, -0.05) is 59.3 Å². The normalized spacial score (nSPS) is 13.8. The number of alkyl halides is 1. The van der Waals surface area contributed by atoms with Gasteiger partial charge in [0.1, 0.15) is 11.6 Å². The summed E-state index contributed by atoms with van der Waals surface area (Å²) in [5.41, 5.74) is 1.88. The molecule has 0 bridgehead atoms. The van der Waals surface area contributed by atoms with Gasteiger partial charge in [-0.05, 0) is 18.1 Å². The molecule has 0 saturated heterocycles. The Balaban J connectivity index is 2.31. The highest BCUT2D eigenvalue weighted by atomic mass is 79.9. The molecule has 0 heterocycles. The molecule has 106 valence electrons. The summed E-state index contributed by atoms with van der Waals surface area (Å²) in [5, 5.41) is 0. The quantitative estimate of drug-likeness (QED) is 0.658. The number of ether oxygens (including phenoxy) is 1. The molecule has 0 amide bonds. The summed E-state index contributed by atoms with van der Waals surface area (Å²) in [4.78, 5) is -0.0548. The lowest BCUT2D eigenvalue weighted by atomic mass is 9.89. The van der Waals surface area contributed by atoms with E-state index < -0.39 is 0 Å². The number of hydrogen-bond donors (Lipinski definition) is 0. The maximum atomic E-state index is 14.2. The van der Waals surface area contributed by atoms with Crippen LogP contribution in [0, 0.1) is 5.82 Å². The van der Waals surface area contributed by atoms with Crippen molar-refractivity contribution in [1.82, 2.24) is 0 Å². The maximum absolute atomic E-state index is 14.2. The number of halogens is 2. The predicted octanol–water partition coefficient (Wildman–Crippen LogP) is 5.46. The summed E-state index contributed by atoms with van der Waals surface area (Å²) < 4.78 is 19.2. The molecule has 0 saturated carbocycles. The van der Waals surface area contributed by atoms with Gasteiger partial charge in [-0.2, -0.15) is 0 Å². The van der Waals surface area contributed by atoms with Crippen LogP contribution in [0.15, 0.2) is 48.5 Å². The highest BCUT2D eigenvalue weighted by Gasteiger charge is 2.23. The van der Waals surface area contributed by atoms with E-state index >= 15 is 0 Å². The van der Waals surface area contributed by atoms with Gasteiger partial charge in [0, 0.05) is 22.4 Å². The Hall–Kier alpha value is -1.35. The van der Waals surface area contributed by atoms with Crippen molar-refractivity contribution in [3.8, 4) is 5.75 Å². The third-order valence-corrected chi connectivity index (χ3v) is 4.66. The minimum Gasteiger partial charge on any atom is -0.497 e. The lowest BCUT2D eigenvalue weighted by molar-refractivity contribution is 0.410. The molecule has 2 aromatic rings. The molecule has 0 spiro atoms. The first-order valence-corrected chi connectivity index (χ1v) is 7.61. The van der Waals surface area contributed by atoms with E-state index in [-0.39, 0.29) is 16.6 Å². The first kappa shape index (κ1) is 15.0. The first-order chi connectivity index (χ1) is 9.67. The smallest absolute Gasteiger partial charge is 0.131 e. The van der Waals surface area contributed by atoms with Crippen LogP contribution in [0.3, 0.4) is 0 Å². The molecule has 20 heavy (non-hydrogen) atoms. The molecule has 0 radical (unpaired) electrons. The predicted molar refractivity (Wildman–Crippen MR) is 84.1 cm³/mol. The van der Waals surface area contributed by atoms with Crippen molar-refractivity contribution in [2.75, 3.05) is 7.11 Å². The molecule has 2 rings (SSSR count). The largest absolute Gasteiger partial charge is 0.497 e. The van der Waals surface area contributed by atoms with Gasteiger partial charge in [-0.15, -0.1) is 0 Å². The van der Waals surface area contributed by atoms with Gasteiger partial charge in [0.25, 0.3) is 0 Å². The first-order valence-electron chi connectivity index (χ1n) is 6.69. The average molecular weight is 337 g/mol. The van der Waals surface area contributed by atoms with Crippen LogP contribution in [0.4, 0.5) is 4.39 Å². The second-order valence-corrected chi connectivity index (χ2v) is 5.70. The highest BCUT2D eigenvalue weighted by Crippen LogP contribution is 2.41. The van der Waals surface area contributed by atoms with Gasteiger partial charge in [-0.3, -0.25) is 0 Å². The Morgan fingerprint density at radius 3 is 2.40 bits per heavy atom. The fraction of sp³-hybridized carbons (Fsp3) is 0.294. The zero-order valence-electron chi connectivity index (χ0n) is 11.6. The Kier molecular flexibility index (Phi) is 5.18. The van der Waals surface area contributed by atoms with Crippen molar-refractivity contribution in [2.45, 2.75) is 24.1 Å². The fourth-order valence-electron chi connectivity index (χ4n) is 2.39. The van der Waals surface area contributed by atoms with Crippen molar-refractivity contribution in [3.63, 3.8) is 0 Å². The Morgan fingerprint density at radius 2 is 1.85 bits per heavy atom. The zero-order valence-corrected chi connectivity index (χ0v) is 13.2. The van der Waals surface area contributed by atoms with E-state index in [4.69, 9.17) is 4.74 Å². The summed E-state index contributed by atoms with van der Waals surface area (Å²) in [7, 11) is 1.54. The molecule has 0 N–H and O–H groups in total. The topological polar surface area (TPSA) is 9.23 Å². The molecular formula is C17H18BrFO. The Morgan fingerprint density at radius 1 is 1.15 bits per heavy atom. The molecule has 0 fully saturated rings. The van der Waals surface area contributed by atoms with E-state index in [1.54, 1.807) is 19.2 Å². The number of hydrogen-bond acceptors (Lipinski definition) is 1. The Bertz CT molecular complexity index is 556. The van der Waals surface area contributed by atoms with Crippen LogP contribution in [0.25, 0.3) is 0 Å². The van der Waals surface area contributed by atoms with Gasteiger partial charge >= 0.3 is 0 Å². The minimum atomic E-state index is -0.236. The van der Waals surface area contributed by atoms with Crippen molar-refractivity contribution < 1.29 is 9.13 Å².